The molecule has 1 saturated heterocycles. The van der Waals surface area contributed by atoms with Gasteiger partial charge in [-0.05, 0) is 43.0 Å². The highest BCUT2D eigenvalue weighted by atomic mass is 19.1. The number of halogens is 1. The van der Waals surface area contributed by atoms with Crippen molar-refractivity contribution in [3.8, 4) is 11.3 Å². The van der Waals surface area contributed by atoms with Crippen LogP contribution in [0.1, 0.15) is 25.0 Å². The van der Waals surface area contributed by atoms with Crippen molar-refractivity contribution in [3.05, 3.63) is 48.0 Å². The number of ether oxygens (including phenoxy) is 1. The van der Waals surface area contributed by atoms with Gasteiger partial charge in [-0.1, -0.05) is 12.1 Å². The highest BCUT2D eigenvalue weighted by molar-refractivity contribution is 5.77. The number of furan rings is 1. The summed E-state index contributed by atoms with van der Waals surface area (Å²) in [6.07, 6.45) is 1.91. The van der Waals surface area contributed by atoms with Crippen LogP contribution in [0, 0.1) is 17.7 Å². The first-order chi connectivity index (χ1) is 13.5. The molecule has 2 heterocycles. The fourth-order valence-electron chi connectivity index (χ4n) is 3.44. The predicted octanol–water partition coefficient (Wildman–Crippen LogP) is 3.26. The molecule has 2 N–H and O–H groups in total. The van der Waals surface area contributed by atoms with Crippen molar-refractivity contribution in [1.82, 2.24) is 5.32 Å². The maximum atomic E-state index is 13.8. The number of hydrogen-bond acceptors (Lipinski definition) is 4. The zero-order valence-electron chi connectivity index (χ0n) is 15.5. The quantitative estimate of drug-likeness (QED) is 0.723. The highest BCUT2D eigenvalue weighted by Gasteiger charge is 2.29. The summed E-state index contributed by atoms with van der Waals surface area (Å²) >= 11 is 0. The van der Waals surface area contributed by atoms with E-state index in [1.807, 2.05) is 0 Å². The van der Waals surface area contributed by atoms with E-state index in [1.165, 1.54) is 6.07 Å². The highest BCUT2D eigenvalue weighted by Crippen LogP contribution is 2.26. The summed E-state index contributed by atoms with van der Waals surface area (Å²) in [4.78, 5) is 23.6. The van der Waals surface area contributed by atoms with Gasteiger partial charge in [0.15, 0.2) is 0 Å². The number of hydrogen-bond donors (Lipinski definition) is 2. The van der Waals surface area contributed by atoms with Crippen LogP contribution < -0.4 is 5.32 Å². The Bertz CT molecular complexity index is 813. The lowest BCUT2D eigenvalue weighted by Gasteiger charge is -2.27. The Morgan fingerprint density at radius 1 is 1.18 bits per heavy atom. The maximum absolute atomic E-state index is 13.8. The van der Waals surface area contributed by atoms with E-state index in [0.29, 0.717) is 49.6 Å². The Morgan fingerprint density at radius 2 is 1.93 bits per heavy atom. The van der Waals surface area contributed by atoms with Crippen LogP contribution in [0.4, 0.5) is 4.39 Å². The zero-order valence-corrected chi connectivity index (χ0v) is 15.5. The van der Waals surface area contributed by atoms with E-state index in [2.05, 4.69) is 5.32 Å². The second-order valence-corrected chi connectivity index (χ2v) is 6.94. The second-order valence-electron chi connectivity index (χ2n) is 6.94. The number of carboxylic acids is 1. The molecule has 6 nitrogen and oxygen atoms in total. The van der Waals surface area contributed by atoms with Crippen molar-refractivity contribution in [1.29, 1.82) is 0 Å². The van der Waals surface area contributed by atoms with E-state index in [0.717, 1.165) is 0 Å². The molecule has 3 rings (SSSR count). The zero-order chi connectivity index (χ0) is 19.9. The van der Waals surface area contributed by atoms with Crippen LogP contribution in [0.15, 0.2) is 40.8 Å². The summed E-state index contributed by atoms with van der Waals surface area (Å²) in [5.74, 6) is -1.10. The summed E-state index contributed by atoms with van der Waals surface area (Å²) in [5, 5.41) is 12.2. The average Bonchev–Trinajstić information content (AvgIpc) is 3.16. The van der Waals surface area contributed by atoms with Gasteiger partial charge in [0.25, 0.3) is 0 Å². The van der Waals surface area contributed by atoms with Crippen LogP contribution in [0.2, 0.25) is 0 Å². The van der Waals surface area contributed by atoms with E-state index in [1.54, 1.807) is 30.3 Å². The number of carboxylic acid groups (broad SMARTS) is 1. The van der Waals surface area contributed by atoms with Gasteiger partial charge in [0.05, 0.1) is 11.5 Å². The summed E-state index contributed by atoms with van der Waals surface area (Å²) in [6.45, 7) is 1.23. The van der Waals surface area contributed by atoms with Gasteiger partial charge in [0, 0.05) is 32.6 Å². The van der Waals surface area contributed by atoms with Crippen LogP contribution in [0.25, 0.3) is 11.3 Å². The molecule has 150 valence electrons. The SMILES string of the molecule is O=C(CCc1ccc(-c2ccccc2F)o1)NCC(C(=O)O)C1CCOCC1. The van der Waals surface area contributed by atoms with Gasteiger partial charge >= 0.3 is 5.97 Å². The lowest BCUT2D eigenvalue weighted by atomic mass is 9.86. The van der Waals surface area contributed by atoms with Gasteiger partial charge in [-0.15, -0.1) is 0 Å². The second kappa shape index (κ2) is 9.50. The lowest BCUT2D eigenvalue weighted by Crippen LogP contribution is -2.39. The third kappa shape index (κ3) is 5.19. The summed E-state index contributed by atoms with van der Waals surface area (Å²) < 4.78 is 24.7. The van der Waals surface area contributed by atoms with Gasteiger partial charge in [-0.25, -0.2) is 4.39 Å². The van der Waals surface area contributed by atoms with Crippen molar-refractivity contribution in [3.63, 3.8) is 0 Å². The molecule has 1 fully saturated rings. The smallest absolute Gasteiger partial charge is 0.308 e. The Labute approximate surface area is 162 Å². The average molecular weight is 389 g/mol. The van der Waals surface area contributed by atoms with E-state index >= 15 is 0 Å². The number of aryl methyl sites for hydroxylation is 1. The molecule has 1 atom stereocenters. The van der Waals surface area contributed by atoms with E-state index in [9.17, 15) is 19.1 Å². The maximum Gasteiger partial charge on any atom is 0.308 e. The van der Waals surface area contributed by atoms with Gasteiger partial charge < -0.3 is 19.6 Å². The minimum absolute atomic E-state index is 0.0138. The number of amides is 1. The number of aliphatic carboxylic acids is 1. The van der Waals surface area contributed by atoms with Crippen LogP contribution in [-0.4, -0.2) is 36.7 Å². The number of benzene rings is 1. The largest absolute Gasteiger partial charge is 0.481 e. The first-order valence-electron chi connectivity index (χ1n) is 9.45. The van der Waals surface area contributed by atoms with Crippen molar-refractivity contribution in [2.24, 2.45) is 11.8 Å². The molecular formula is C21H24FNO5. The molecule has 0 aliphatic carbocycles. The summed E-state index contributed by atoms with van der Waals surface area (Å²) in [6, 6.07) is 9.73. The Balaban J connectivity index is 1.49. The Kier molecular flexibility index (Phi) is 6.81. The molecule has 0 spiro atoms. The third-order valence-corrected chi connectivity index (χ3v) is 5.07. The van der Waals surface area contributed by atoms with Crippen LogP contribution in [-0.2, 0) is 20.7 Å². The fraction of sp³-hybridized carbons (Fsp3) is 0.429. The monoisotopic (exact) mass is 389 g/mol. The van der Waals surface area contributed by atoms with E-state index < -0.39 is 11.9 Å². The van der Waals surface area contributed by atoms with Gasteiger partial charge in [0.1, 0.15) is 17.3 Å². The van der Waals surface area contributed by atoms with Crippen molar-refractivity contribution < 1.29 is 28.2 Å². The van der Waals surface area contributed by atoms with Crippen LogP contribution >= 0.6 is 0 Å². The predicted molar refractivity (Wildman–Crippen MR) is 100 cm³/mol. The molecule has 0 bridgehead atoms. The van der Waals surface area contributed by atoms with Gasteiger partial charge in [0.2, 0.25) is 5.91 Å². The molecule has 1 aromatic carbocycles. The van der Waals surface area contributed by atoms with Crippen molar-refractivity contribution >= 4 is 11.9 Å². The number of nitrogens with one attached hydrogen (secondary N) is 1. The normalized spacial score (nSPS) is 15.9. The molecule has 1 unspecified atom stereocenters. The first-order valence-corrected chi connectivity index (χ1v) is 9.45. The minimum atomic E-state index is -0.896. The molecule has 1 aliphatic heterocycles. The van der Waals surface area contributed by atoms with Crippen molar-refractivity contribution in [2.75, 3.05) is 19.8 Å². The molecule has 1 aliphatic rings. The molecular weight excluding hydrogens is 365 g/mol. The van der Waals surface area contributed by atoms with Crippen LogP contribution in [0.3, 0.4) is 0 Å². The summed E-state index contributed by atoms with van der Waals surface area (Å²) in [5.41, 5.74) is 0.374. The minimum Gasteiger partial charge on any atom is -0.481 e. The molecule has 1 amide bonds. The number of carbonyl (C=O) groups excluding carboxylic acids is 1. The molecule has 0 saturated carbocycles. The number of rotatable bonds is 8. The fourth-order valence-corrected chi connectivity index (χ4v) is 3.44. The Hall–Kier alpha value is -2.67. The molecule has 28 heavy (non-hydrogen) atoms. The molecule has 0 radical (unpaired) electrons. The van der Waals surface area contributed by atoms with Crippen molar-refractivity contribution in [2.45, 2.75) is 25.7 Å². The van der Waals surface area contributed by atoms with E-state index in [-0.39, 0.29) is 30.6 Å². The topological polar surface area (TPSA) is 88.8 Å². The number of carbonyl (C=O) groups is 2. The molecule has 1 aromatic heterocycles. The lowest BCUT2D eigenvalue weighted by molar-refractivity contribution is -0.145. The van der Waals surface area contributed by atoms with Crippen LogP contribution in [0.5, 0.6) is 0 Å². The first kappa shape index (κ1) is 20.1. The van der Waals surface area contributed by atoms with Gasteiger partial charge in [-0.3, -0.25) is 9.59 Å². The van der Waals surface area contributed by atoms with Gasteiger partial charge in [-0.2, -0.15) is 0 Å². The van der Waals surface area contributed by atoms with E-state index in [4.69, 9.17) is 9.15 Å². The third-order valence-electron chi connectivity index (χ3n) is 5.07. The summed E-state index contributed by atoms with van der Waals surface area (Å²) in [7, 11) is 0. The standard InChI is InChI=1S/C21H24FNO5/c22-18-4-2-1-3-16(18)19-7-5-15(28-19)6-8-20(24)23-13-17(21(25)26)14-9-11-27-12-10-14/h1-5,7,14,17H,6,8-13H2,(H,23,24)(H,25,26). The molecule has 2 aromatic rings. The Morgan fingerprint density at radius 3 is 2.64 bits per heavy atom. The molecule has 7 heteroatoms.